The minimum absolute atomic E-state index is 0.0412. The van der Waals surface area contributed by atoms with Crippen molar-refractivity contribution < 1.29 is 8.42 Å². The lowest BCUT2D eigenvalue weighted by atomic mass is 10.3. The average Bonchev–Trinajstić information content (AvgIpc) is 2.21. The zero-order chi connectivity index (χ0) is 11.3. The Morgan fingerprint density at radius 1 is 1.47 bits per heavy atom. The molecule has 1 rings (SSSR count). The van der Waals surface area contributed by atoms with Crippen LogP contribution in [0.15, 0.2) is 18.3 Å². The van der Waals surface area contributed by atoms with Gasteiger partial charge in [-0.1, -0.05) is 6.07 Å². The van der Waals surface area contributed by atoms with E-state index in [9.17, 15) is 8.42 Å². The molecule has 1 heterocycles. The fourth-order valence-corrected chi connectivity index (χ4v) is 1.65. The fourth-order valence-electron chi connectivity index (χ4n) is 1.08. The normalized spacial score (nSPS) is 11.3. The van der Waals surface area contributed by atoms with E-state index in [0.717, 1.165) is 11.4 Å². The van der Waals surface area contributed by atoms with Crippen LogP contribution in [0.1, 0.15) is 5.56 Å². The number of sulfonamides is 1. The summed E-state index contributed by atoms with van der Waals surface area (Å²) in [6, 6.07) is 3.76. The third-order valence-electron chi connectivity index (χ3n) is 1.98. The fraction of sp³-hybridized carbons (Fsp3) is 0.444. The molecule has 0 saturated carbocycles. The first-order chi connectivity index (χ1) is 7.05. The van der Waals surface area contributed by atoms with Gasteiger partial charge in [0, 0.05) is 12.7 Å². The summed E-state index contributed by atoms with van der Waals surface area (Å²) >= 11 is 0. The molecule has 0 aliphatic carbocycles. The highest BCUT2D eigenvalue weighted by Crippen LogP contribution is 2.08. The third kappa shape index (κ3) is 3.85. The van der Waals surface area contributed by atoms with E-state index in [-0.39, 0.29) is 5.75 Å². The van der Waals surface area contributed by atoms with E-state index >= 15 is 0 Å². The Bertz CT molecular complexity index is 417. The van der Waals surface area contributed by atoms with Crippen LogP contribution in [0.25, 0.3) is 0 Å². The maximum atomic E-state index is 11.1. The Morgan fingerprint density at radius 3 is 2.80 bits per heavy atom. The van der Waals surface area contributed by atoms with E-state index in [1.807, 2.05) is 19.1 Å². The molecule has 0 spiro atoms. The van der Waals surface area contributed by atoms with Gasteiger partial charge in [0.05, 0.1) is 5.75 Å². The van der Waals surface area contributed by atoms with Crippen molar-refractivity contribution in [2.75, 3.05) is 24.7 Å². The summed E-state index contributed by atoms with van der Waals surface area (Å²) < 4.78 is 24.5. The lowest BCUT2D eigenvalue weighted by Gasteiger charge is -2.07. The number of anilines is 1. The number of nitrogens with one attached hydrogen (secondary N) is 2. The van der Waals surface area contributed by atoms with Crippen molar-refractivity contribution in [3.63, 3.8) is 0 Å². The summed E-state index contributed by atoms with van der Waals surface area (Å²) in [6.45, 7) is 2.27. The number of nitrogens with zero attached hydrogens (tertiary/aromatic N) is 1. The summed E-state index contributed by atoms with van der Waals surface area (Å²) in [5.41, 5.74) is 0.999. The molecule has 1 aromatic rings. The number of hydrogen-bond acceptors (Lipinski definition) is 4. The van der Waals surface area contributed by atoms with Gasteiger partial charge in [-0.3, -0.25) is 0 Å². The van der Waals surface area contributed by atoms with Gasteiger partial charge in [-0.05, 0) is 25.6 Å². The van der Waals surface area contributed by atoms with Crippen LogP contribution in [-0.4, -0.2) is 32.7 Å². The van der Waals surface area contributed by atoms with E-state index < -0.39 is 10.0 Å². The van der Waals surface area contributed by atoms with Crippen molar-refractivity contribution in [3.8, 4) is 0 Å². The number of hydrogen-bond donors (Lipinski definition) is 2. The second-order valence-corrected chi connectivity index (χ2v) is 5.16. The van der Waals surface area contributed by atoms with Crippen LogP contribution in [0, 0.1) is 6.92 Å². The first-order valence-electron chi connectivity index (χ1n) is 4.62. The molecule has 0 aliphatic heterocycles. The highest BCUT2D eigenvalue weighted by Gasteiger charge is 2.06. The molecule has 6 heteroatoms. The molecule has 0 bridgehead atoms. The van der Waals surface area contributed by atoms with Crippen LogP contribution < -0.4 is 10.0 Å². The number of aromatic nitrogens is 1. The first kappa shape index (κ1) is 11.9. The molecule has 5 nitrogen and oxygen atoms in total. The molecule has 0 aliphatic rings. The molecule has 2 N–H and O–H groups in total. The highest BCUT2D eigenvalue weighted by molar-refractivity contribution is 7.89. The SMILES string of the molecule is CNS(=O)(=O)CCNc1ncccc1C. The van der Waals surface area contributed by atoms with Crippen molar-refractivity contribution in [2.24, 2.45) is 0 Å². The van der Waals surface area contributed by atoms with Crippen molar-refractivity contribution in [1.29, 1.82) is 0 Å². The average molecular weight is 229 g/mol. The van der Waals surface area contributed by atoms with Crippen molar-refractivity contribution in [2.45, 2.75) is 6.92 Å². The van der Waals surface area contributed by atoms with Gasteiger partial charge in [-0.25, -0.2) is 18.1 Å². The Labute approximate surface area is 90.0 Å². The molecule has 0 amide bonds. The number of pyridine rings is 1. The number of aryl methyl sites for hydroxylation is 1. The Balaban J connectivity index is 2.49. The van der Waals surface area contributed by atoms with E-state index in [0.29, 0.717) is 6.54 Å². The van der Waals surface area contributed by atoms with E-state index in [2.05, 4.69) is 15.0 Å². The van der Waals surface area contributed by atoms with Crippen molar-refractivity contribution >= 4 is 15.8 Å². The van der Waals surface area contributed by atoms with Gasteiger partial charge in [0.1, 0.15) is 5.82 Å². The molecule has 0 unspecified atom stereocenters. The van der Waals surface area contributed by atoms with Gasteiger partial charge >= 0.3 is 0 Å². The predicted octanol–water partition coefficient (Wildman–Crippen LogP) is 0.351. The molecular formula is C9H15N3O2S. The molecule has 1 aromatic heterocycles. The summed E-state index contributed by atoms with van der Waals surface area (Å²) in [4.78, 5) is 4.10. The Kier molecular flexibility index (Phi) is 4.05. The largest absolute Gasteiger partial charge is 0.369 e. The van der Waals surface area contributed by atoms with Crippen LogP contribution >= 0.6 is 0 Å². The van der Waals surface area contributed by atoms with E-state index in [1.54, 1.807) is 6.20 Å². The first-order valence-corrected chi connectivity index (χ1v) is 6.27. The maximum Gasteiger partial charge on any atom is 0.213 e. The molecule has 15 heavy (non-hydrogen) atoms. The zero-order valence-electron chi connectivity index (χ0n) is 8.82. The molecule has 0 atom stereocenters. The Hall–Kier alpha value is -1.14. The zero-order valence-corrected chi connectivity index (χ0v) is 9.63. The van der Waals surface area contributed by atoms with Crippen molar-refractivity contribution in [1.82, 2.24) is 9.71 Å². The van der Waals surface area contributed by atoms with Crippen LogP contribution in [0.5, 0.6) is 0 Å². The van der Waals surface area contributed by atoms with Gasteiger partial charge in [-0.15, -0.1) is 0 Å². The lowest BCUT2D eigenvalue weighted by molar-refractivity contribution is 0.588. The minimum atomic E-state index is -3.14. The predicted molar refractivity (Wildman–Crippen MR) is 60.3 cm³/mol. The smallest absolute Gasteiger partial charge is 0.213 e. The molecule has 0 fully saturated rings. The van der Waals surface area contributed by atoms with Gasteiger partial charge < -0.3 is 5.32 Å². The highest BCUT2D eigenvalue weighted by atomic mass is 32.2. The quantitative estimate of drug-likeness (QED) is 0.764. The van der Waals surface area contributed by atoms with Gasteiger partial charge in [0.15, 0.2) is 0 Å². The summed E-state index contributed by atoms with van der Waals surface area (Å²) in [5, 5.41) is 2.97. The standard InChI is InChI=1S/C9H15N3O2S/c1-8-4-3-5-11-9(8)12-6-7-15(13,14)10-2/h3-5,10H,6-7H2,1-2H3,(H,11,12). The molecular weight excluding hydrogens is 214 g/mol. The van der Waals surface area contributed by atoms with Gasteiger partial charge in [-0.2, -0.15) is 0 Å². The van der Waals surface area contributed by atoms with Crippen LogP contribution in [-0.2, 0) is 10.0 Å². The molecule has 0 radical (unpaired) electrons. The molecule has 0 saturated heterocycles. The summed E-state index contributed by atoms with van der Waals surface area (Å²) in [7, 11) is -1.74. The second-order valence-electron chi connectivity index (χ2n) is 3.12. The van der Waals surface area contributed by atoms with Crippen LogP contribution in [0.3, 0.4) is 0 Å². The van der Waals surface area contributed by atoms with Crippen LogP contribution in [0.2, 0.25) is 0 Å². The van der Waals surface area contributed by atoms with Crippen LogP contribution in [0.4, 0.5) is 5.82 Å². The lowest BCUT2D eigenvalue weighted by Crippen LogP contribution is -2.26. The van der Waals surface area contributed by atoms with Crippen molar-refractivity contribution in [3.05, 3.63) is 23.9 Å². The molecule has 0 aromatic carbocycles. The van der Waals surface area contributed by atoms with Gasteiger partial charge in [0.25, 0.3) is 0 Å². The second kappa shape index (κ2) is 5.09. The summed E-state index contributed by atoms with van der Waals surface area (Å²) in [5.74, 6) is 0.767. The Morgan fingerprint density at radius 2 is 2.20 bits per heavy atom. The molecule has 84 valence electrons. The number of rotatable bonds is 5. The maximum absolute atomic E-state index is 11.1. The van der Waals surface area contributed by atoms with E-state index in [4.69, 9.17) is 0 Å². The monoisotopic (exact) mass is 229 g/mol. The topological polar surface area (TPSA) is 71.1 Å². The summed E-state index contributed by atoms with van der Waals surface area (Å²) in [6.07, 6.45) is 1.67. The van der Waals surface area contributed by atoms with Gasteiger partial charge in [0.2, 0.25) is 10.0 Å². The van der Waals surface area contributed by atoms with E-state index in [1.165, 1.54) is 7.05 Å². The minimum Gasteiger partial charge on any atom is -0.369 e. The third-order valence-corrected chi connectivity index (χ3v) is 3.35.